The van der Waals surface area contributed by atoms with Crippen molar-refractivity contribution in [3.05, 3.63) is 35.6 Å². The predicted molar refractivity (Wildman–Crippen MR) is 89.9 cm³/mol. The number of carbonyl (C=O) groups excluding carboxylic acids is 3. The molecule has 1 heterocycles. The van der Waals surface area contributed by atoms with Crippen molar-refractivity contribution in [2.24, 2.45) is 11.8 Å². The number of benzene rings is 1. The van der Waals surface area contributed by atoms with Gasteiger partial charge in [0.1, 0.15) is 5.82 Å². The van der Waals surface area contributed by atoms with E-state index in [2.05, 4.69) is 5.32 Å². The molecule has 1 saturated heterocycles. The zero-order valence-electron chi connectivity index (χ0n) is 14.2. The summed E-state index contributed by atoms with van der Waals surface area (Å²) in [6.07, 6.45) is 4.20. The number of carbonyl (C=O) groups is 3. The van der Waals surface area contributed by atoms with E-state index in [9.17, 15) is 18.8 Å². The van der Waals surface area contributed by atoms with Gasteiger partial charge in [-0.3, -0.25) is 19.3 Å². The molecule has 1 aromatic carbocycles. The third-order valence-corrected chi connectivity index (χ3v) is 5.12. The van der Waals surface area contributed by atoms with Gasteiger partial charge in [-0.15, -0.1) is 0 Å². The van der Waals surface area contributed by atoms with Crippen LogP contribution in [0.2, 0.25) is 0 Å². The highest BCUT2D eigenvalue weighted by Crippen LogP contribution is 2.37. The Labute approximate surface area is 146 Å². The van der Waals surface area contributed by atoms with E-state index in [1.165, 1.54) is 17.0 Å². The summed E-state index contributed by atoms with van der Waals surface area (Å²) in [6, 6.07) is 6.26. The Kier molecular flexibility index (Phi) is 5.46. The van der Waals surface area contributed by atoms with Crippen LogP contribution in [0.1, 0.15) is 37.7 Å². The third kappa shape index (κ3) is 4.06. The summed E-state index contributed by atoms with van der Waals surface area (Å²) in [5.74, 6) is -1.05. The number of amides is 3. The minimum Gasteiger partial charge on any atom is -0.356 e. The van der Waals surface area contributed by atoms with E-state index in [-0.39, 0.29) is 48.3 Å². The van der Waals surface area contributed by atoms with E-state index in [0.717, 1.165) is 31.2 Å². The van der Waals surface area contributed by atoms with Gasteiger partial charge in [-0.1, -0.05) is 25.0 Å². The van der Waals surface area contributed by atoms with Crippen LogP contribution < -0.4 is 5.32 Å². The molecule has 1 saturated carbocycles. The van der Waals surface area contributed by atoms with Gasteiger partial charge in [0.05, 0.1) is 11.8 Å². The molecule has 1 N–H and O–H groups in total. The van der Waals surface area contributed by atoms with Crippen LogP contribution in [0.25, 0.3) is 0 Å². The highest BCUT2D eigenvalue weighted by Gasteiger charge is 2.47. The van der Waals surface area contributed by atoms with Crippen molar-refractivity contribution in [2.75, 3.05) is 13.1 Å². The lowest BCUT2D eigenvalue weighted by Crippen LogP contribution is -2.35. The first-order valence-corrected chi connectivity index (χ1v) is 8.92. The fraction of sp³-hybridized carbons (Fsp3) is 0.526. The van der Waals surface area contributed by atoms with Crippen LogP contribution in [0.5, 0.6) is 0 Å². The van der Waals surface area contributed by atoms with Crippen LogP contribution in [0.3, 0.4) is 0 Å². The number of halogens is 1. The number of likely N-dealkylation sites (tertiary alicyclic amines) is 1. The molecule has 1 aromatic rings. The molecule has 2 fully saturated rings. The Balaban J connectivity index is 1.43. The van der Waals surface area contributed by atoms with Crippen molar-refractivity contribution in [3.8, 4) is 0 Å². The Bertz CT molecular complexity index is 652. The molecule has 2 atom stereocenters. The first-order chi connectivity index (χ1) is 12.1. The lowest BCUT2D eigenvalue weighted by Gasteiger charge is -2.19. The molecule has 5 nitrogen and oxygen atoms in total. The Hall–Kier alpha value is -2.24. The largest absolute Gasteiger partial charge is 0.356 e. The quantitative estimate of drug-likeness (QED) is 0.802. The summed E-state index contributed by atoms with van der Waals surface area (Å²) < 4.78 is 13.1. The number of hydrogen-bond acceptors (Lipinski definition) is 3. The molecular weight excluding hydrogens is 323 g/mol. The maximum absolute atomic E-state index is 13.1. The zero-order chi connectivity index (χ0) is 17.8. The van der Waals surface area contributed by atoms with Gasteiger partial charge in [0.2, 0.25) is 17.7 Å². The zero-order valence-corrected chi connectivity index (χ0v) is 14.2. The SMILES string of the molecule is O=C(CCN1C(=O)[C@@H]2CCCC[C@H]2C1=O)NCCc1cccc(F)c1. The minimum atomic E-state index is -0.295. The highest BCUT2D eigenvalue weighted by molar-refractivity contribution is 6.05. The molecule has 2 aliphatic rings. The predicted octanol–water partition coefficient (Wildman–Crippen LogP) is 2.05. The molecule has 0 spiro atoms. The van der Waals surface area contributed by atoms with Crippen molar-refractivity contribution in [1.29, 1.82) is 0 Å². The normalized spacial score (nSPS) is 22.8. The monoisotopic (exact) mass is 346 g/mol. The van der Waals surface area contributed by atoms with Crippen LogP contribution in [-0.2, 0) is 20.8 Å². The Morgan fingerprint density at radius 1 is 1.16 bits per heavy atom. The lowest BCUT2D eigenvalue weighted by atomic mass is 9.81. The van der Waals surface area contributed by atoms with Crippen LogP contribution in [0.4, 0.5) is 4.39 Å². The van der Waals surface area contributed by atoms with Crippen LogP contribution in [-0.4, -0.2) is 35.7 Å². The van der Waals surface area contributed by atoms with E-state index >= 15 is 0 Å². The van der Waals surface area contributed by atoms with Gasteiger partial charge in [0.25, 0.3) is 0 Å². The van der Waals surface area contributed by atoms with Crippen molar-refractivity contribution in [1.82, 2.24) is 10.2 Å². The number of hydrogen-bond donors (Lipinski definition) is 1. The minimum absolute atomic E-state index is 0.109. The molecule has 134 valence electrons. The molecule has 3 amide bonds. The highest BCUT2D eigenvalue weighted by atomic mass is 19.1. The third-order valence-electron chi connectivity index (χ3n) is 5.12. The van der Waals surface area contributed by atoms with E-state index in [1.807, 2.05) is 0 Å². The van der Waals surface area contributed by atoms with Crippen LogP contribution in [0.15, 0.2) is 24.3 Å². The molecule has 25 heavy (non-hydrogen) atoms. The maximum atomic E-state index is 13.1. The molecule has 1 aliphatic carbocycles. The summed E-state index contributed by atoms with van der Waals surface area (Å²) >= 11 is 0. The molecule has 3 rings (SSSR count). The fourth-order valence-electron chi connectivity index (χ4n) is 3.79. The van der Waals surface area contributed by atoms with Crippen molar-refractivity contribution >= 4 is 17.7 Å². The van der Waals surface area contributed by atoms with Gasteiger partial charge >= 0.3 is 0 Å². The molecule has 0 aromatic heterocycles. The molecule has 0 bridgehead atoms. The average molecular weight is 346 g/mol. The van der Waals surface area contributed by atoms with Gasteiger partial charge in [0, 0.05) is 19.5 Å². The standard InChI is InChI=1S/C19H23FN2O3/c20-14-5-3-4-13(12-14)8-10-21-17(23)9-11-22-18(24)15-6-1-2-7-16(15)19(22)25/h3-5,12,15-16H,1-2,6-11H2,(H,21,23)/t15-,16-/m1/s1. The summed E-state index contributed by atoms with van der Waals surface area (Å²) in [6.45, 7) is 0.548. The van der Waals surface area contributed by atoms with Crippen LogP contribution >= 0.6 is 0 Å². The lowest BCUT2D eigenvalue weighted by molar-refractivity contribution is -0.140. The van der Waals surface area contributed by atoms with Gasteiger partial charge in [-0.25, -0.2) is 4.39 Å². The summed E-state index contributed by atoms with van der Waals surface area (Å²) in [5.41, 5.74) is 0.814. The number of nitrogens with zero attached hydrogens (tertiary/aromatic N) is 1. The molecular formula is C19H23FN2O3. The molecule has 6 heteroatoms. The van der Waals surface area contributed by atoms with Crippen molar-refractivity contribution in [3.63, 3.8) is 0 Å². The Morgan fingerprint density at radius 2 is 1.84 bits per heavy atom. The Morgan fingerprint density at radius 3 is 2.48 bits per heavy atom. The second-order valence-corrected chi connectivity index (χ2v) is 6.81. The number of imide groups is 1. The molecule has 1 aliphatic heterocycles. The number of rotatable bonds is 6. The van der Waals surface area contributed by atoms with Crippen molar-refractivity contribution in [2.45, 2.75) is 38.5 Å². The summed E-state index contributed by atoms with van der Waals surface area (Å²) in [4.78, 5) is 37.9. The second kappa shape index (κ2) is 7.76. The van der Waals surface area contributed by atoms with Gasteiger partial charge in [0.15, 0.2) is 0 Å². The van der Waals surface area contributed by atoms with Crippen molar-refractivity contribution < 1.29 is 18.8 Å². The first kappa shape index (κ1) is 17.6. The van der Waals surface area contributed by atoms with E-state index in [4.69, 9.17) is 0 Å². The molecule has 0 unspecified atom stereocenters. The van der Waals surface area contributed by atoms with E-state index in [1.54, 1.807) is 12.1 Å². The van der Waals surface area contributed by atoms with Gasteiger partial charge in [-0.05, 0) is 37.0 Å². The molecule has 0 radical (unpaired) electrons. The number of fused-ring (bicyclic) bond motifs is 1. The van der Waals surface area contributed by atoms with E-state index < -0.39 is 0 Å². The first-order valence-electron chi connectivity index (χ1n) is 8.92. The average Bonchev–Trinajstić information content (AvgIpc) is 2.85. The fourth-order valence-corrected chi connectivity index (χ4v) is 3.79. The summed E-state index contributed by atoms with van der Waals surface area (Å²) in [7, 11) is 0. The van der Waals surface area contributed by atoms with Crippen LogP contribution in [0, 0.1) is 17.7 Å². The van der Waals surface area contributed by atoms with E-state index in [0.29, 0.717) is 13.0 Å². The maximum Gasteiger partial charge on any atom is 0.233 e. The smallest absolute Gasteiger partial charge is 0.233 e. The van der Waals surface area contributed by atoms with Gasteiger partial charge < -0.3 is 5.32 Å². The summed E-state index contributed by atoms with van der Waals surface area (Å²) in [5, 5.41) is 2.76. The second-order valence-electron chi connectivity index (χ2n) is 6.81. The number of nitrogens with one attached hydrogen (secondary N) is 1. The topological polar surface area (TPSA) is 66.5 Å². The van der Waals surface area contributed by atoms with Gasteiger partial charge in [-0.2, -0.15) is 0 Å².